The molecule has 1 aliphatic heterocycles. The van der Waals surface area contributed by atoms with Gasteiger partial charge in [-0.2, -0.15) is 4.31 Å². The van der Waals surface area contributed by atoms with E-state index in [1.54, 1.807) is 6.07 Å². The molecule has 0 aliphatic carbocycles. The van der Waals surface area contributed by atoms with Crippen LogP contribution in [0.2, 0.25) is 0 Å². The molecular weight excluding hydrogens is 427 g/mol. The van der Waals surface area contributed by atoms with Gasteiger partial charge in [-0.15, -0.1) is 15.0 Å². The molecule has 1 saturated heterocycles. The Balaban J connectivity index is 1.70. The number of hydrogen-bond donors (Lipinski definition) is 0. The lowest BCUT2D eigenvalue weighted by molar-refractivity contribution is -0.384. The zero-order valence-corrected chi connectivity index (χ0v) is 17.4. The van der Waals surface area contributed by atoms with E-state index in [1.807, 2.05) is 0 Å². The summed E-state index contributed by atoms with van der Waals surface area (Å²) in [4.78, 5) is 11.7. The van der Waals surface area contributed by atoms with E-state index in [1.165, 1.54) is 34.6 Å². The predicted octanol–water partition coefficient (Wildman–Crippen LogP) is 2.80. The molecule has 4 rings (SSSR count). The standard InChI is InChI=1S/C19H19FN6O4S/c1-13-7-9-24(10-8-13)31(29,30)16-5-6-17(18(12-16)26(27)28)25-22-19(21-23-25)14-3-2-4-15(20)11-14/h2-6,11-13H,7-10H2,1H3. The number of nitrogens with zero attached hydrogens (tertiary/aromatic N) is 6. The highest BCUT2D eigenvalue weighted by atomic mass is 32.2. The average Bonchev–Trinajstić information content (AvgIpc) is 3.24. The number of piperidine rings is 1. The fourth-order valence-corrected chi connectivity index (χ4v) is 4.90. The Hall–Kier alpha value is -3.25. The van der Waals surface area contributed by atoms with Crippen molar-refractivity contribution in [2.24, 2.45) is 5.92 Å². The lowest BCUT2D eigenvalue weighted by atomic mass is 10.0. The molecule has 3 aromatic rings. The van der Waals surface area contributed by atoms with Gasteiger partial charge in [0, 0.05) is 24.7 Å². The van der Waals surface area contributed by atoms with Crippen molar-refractivity contribution in [3.63, 3.8) is 0 Å². The normalized spacial score (nSPS) is 15.8. The maximum absolute atomic E-state index is 13.5. The summed E-state index contributed by atoms with van der Waals surface area (Å²) in [6, 6.07) is 9.11. The molecule has 162 valence electrons. The van der Waals surface area contributed by atoms with Crippen molar-refractivity contribution in [2.45, 2.75) is 24.7 Å². The topological polar surface area (TPSA) is 124 Å². The van der Waals surface area contributed by atoms with Crippen molar-refractivity contribution in [3.05, 3.63) is 58.4 Å². The lowest BCUT2D eigenvalue weighted by Crippen LogP contribution is -2.37. The molecule has 1 aromatic heterocycles. The molecule has 10 nitrogen and oxygen atoms in total. The second kappa shape index (κ2) is 8.12. The SMILES string of the molecule is CC1CCN(S(=O)(=O)c2ccc(-n3nnc(-c4cccc(F)c4)n3)c([N+](=O)[O-])c2)CC1. The number of rotatable bonds is 5. The fourth-order valence-electron chi connectivity index (χ4n) is 3.41. The summed E-state index contributed by atoms with van der Waals surface area (Å²) in [7, 11) is -3.86. The van der Waals surface area contributed by atoms with E-state index in [9.17, 15) is 22.9 Å². The van der Waals surface area contributed by atoms with Crippen LogP contribution in [0.15, 0.2) is 47.4 Å². The minimum Gasteiger partial charge on any atom is -0.258 e. The Morgan fingerprint density at radius 1 is 1.16 bits per heavy atom. The third-order valence-electron chi connectivity index (χ3n) is 5.24. The molecule has 0 atom stereocenters. The predicted molar refractivity (Wildman–Crippen MR) is 108 cm³/mol. The maximum atomic E-state index is 13.5. The summed E-state index contributed by atoms with van der Waals surface area (Å²) in [5.41, 5.74) is -0.173. The van der Waals surface area contributed by atoms with Crippen LogP contribution in [0.5, 0.6) is 0 Å². The minimum absolute atomic E-state index is 0.0497. The van der Waals surface area contributed by atoms with Crippen LogP contribution in [0.1, 0.15) is 19.8 Å². The molecule has 0 saturated carbocycles. The van der Waals surface area contributed by atoms with E-state index in [2.05, 4.69) is 22.3 Å². The first-order chi connectivity index (χ1) is 14.8. The highest BCUT2D eigenvalue weighted by molar-refractivity contribution is 7.89. The summed E-state index contributed by atoms with van der Waals surface area (Å²) < 4.78 is 40.7. The number of halogens is 1. The minimum atomic E-state index is -3.86. The number of tetrazole rings is 1. The van der Waals surface area contributed by atoms with Crippen LogP contribution >= 0.6 is 0 Å². The molecule has 2 aromatic carbocycles. The number of benzene rings is 2. The van der Waals surface area contributed by atoms with Crippen LogP contribution in [0, 0.1) is 21.8 Å². The third kappa shape index (κ3) is 4.16. The van der Waals surface area contributed by atoms with Gasteiger partial charge in [0.2, 0.25) is 15.8 Å². The monoisotopic (exact) mass is 446 g/mol. The third-order valence-corrected chi connectivity index (χ3v) is 7.13. The van der Waals surface area contributed by atoms with Crippen molar-refractivity contribution in [3.8, 4) is 17.1 Å². The van der Waals surface area contributed by atoms with Crippen molar-refractivity contribution >= 4 is 15.7 Å². The zero-order chi connectivity index (χ0) is 22.2. The van der Waals surface area contributed by atoms with E-state index >= 15 is 0 Å². The van der Waals surface area contributed by atoms with Gasteiger partial charge in [0.05, 0.1) is 9.82 Å². The van der Waals surface area contributed by atoms with Crippen LogP contribution in [0.4, 0.5) is 10.1 Å². The fraction of sp³-hybridized carbons (Fsp3) is 0.316. The van der Waals surface area contributed by atoms with E-state index in [0.717, 1.165) is 23.7 Å². The number of nitro groups is 1. The molecule has 31 heavy (non-hydrogen) atoms. The Bertz CT molecular complexity index is 1240. The van der Waals surface area contributed by atoms with Crippen LogP contribution < -0.4 is 0 Å². The van der Waals surface area contributed by atoms with E-state index < -0.39 is 26.5 Å². The molecule has 0 spiro atoms. The molecular formula is C19H19FN6O4S. The second-order valence-corrected chi connectivity index (χ2v) is 9.35. The Morgan fingerprint density at radius 3 is 2.58 bits per heavy atom. The van der Waals surface area contributed by atoms with Crippen LogP contribution in [0.3, 0.4) is 0 Å². The largest absolute Gasteiger partial charge is 0.298 e. The molecule has 1 fully saturated rings. The highest BCUT2D eigenvalue weighted by Crippen LogP contribution is 2.29. The molecule has 0 amide bonds. The van der Waals surface area contributed by atoms with Gasteiger partial charge in [-0.3, -0.25) is 10.1 Å². The zero-order valence-electron chi connectivity index (χ0n) is 16.5. The first-order valence-corrected chi connectivity index (χ1v) is 11.0. The summed E-state index contributed by atoms with van der Waals surface area (Å²) in [6.07, 6.45) is 1.48. The number of hydrogen-bond acceptors (Lipinski definition) is 7. The molecule has 0 radical (unpaired) electrons. The first-order valence-electron chi connectivity index (χ1n) is 9.60. The second-order valence-electron chi connectivity index (χ2n) is 7.41. The molecule has 2 heterocycles. The van der Waals surface area contributed by atoms with Crippen molar-refractivity contribution < 1.29 is 17.7 Å². The van der Waals surface area contributed by atoms with Gasteiger partial charge in [0.15, 0.2) is 5.69 Å². The molecule has 0 N–H and O–H groups in total. The highest BCUT2D eigenvalue weighted by Gasteiger charge is 2.30. The molecule has 12 heteroatoms. The Morgan fingerprint density at radius 2 is 1.90 bits per heavy atom. The van der Waals surface area contributed by atoms with Gasteiger partial charge < -0.3 is 0 Å². The van der Waals surface area contributed by atoms with Gasteiger partial charge in [0.1, 0.15) is 5.82 Å². The Labute approximate surface area is 177 Å². The number of aromatic nitrogens is 4. The van der Waals surface area contributed by atoms with Crippen LogP contribution in [-0.2, 0) is 10.0 Å². The van der Waals surface area contributed by atoms with E-state index in [4.69, 9.17) is 0 Å². The Kier molecular flexibility index (Phi) is 5.50. The van der Waals surface area contributed by atoms with E-state index in [-0.39, 0.29) is 16.4 Å². The summed E-state index contributed by atoms with van der Waals surface area (Å²) in [6.45, 7) is 2.81. The summed E-state index contributed by atoms with van der Waals surface area (Å²) >= 11 is 0. The smallest absolute Gasteiger partial charge is 0.258 e. The maximum Gasteiger partial charge on any atom is 0.298 e. The van der Waals surface area contributed by atoms with Crippen molar-refractivity contribution in [2.75, 3.05) is 13.1 Å². The summed E-state index contributed by atoms with van der Waals surface area (Å²) in [5, 5.41) is 23.4. The molecule has 0 unspecified atom stereocenters. The molecule has 0 bridgehead atoms. The molecule has 1 aliphatic rings. The average molecular weight is 446 g/mol. The van der Waals surface area contributed by atoms with Crippen molar-refractivity contribution in [1.82, 2.24) is 24.5 Å². The van der Waals surface area contributed by atoms with Gasteiger partial charge in [0.25, 0.3) is 5.69 Å². The van der Waals surface area contributed by atoms with Gasteiger partial charge in [-0.05, 0) is 48.2 Å². The van der Waals surface area contributed by atoms with Gasteiger partial charge >= 0.3 is 0 Å². The quantitative estimate of drug-likeness (QED) is 0.436. The summed E-state index contributed by atoms with van der Waals surface area (Å²) in [5.74, 6) is 0.0308. The number of sulfonamides is 1. The van der Waals surface area contributed by atoms with Crippen LogP contribution in [-0.4, -0.2) is 50.9 Å². The van der Waals surface area contributed by atoms with Gasteiger partial charge in [-0.1, -0.05) is 19.1 Å². The van der Waals surface area contributed by atoms with Crippen molar-refractivity contribution in [1.29, 1.82) is 0 Å². The van der Waals surface area contributed by atoms with E-state index in [0.29, 0.717) is 24.6 Å². The number of nitro benzene ring substituents is 1. The van der Waals surface area contributed by atoms with Crippen LogP contribution in [0.25, 0.3) is 17.1 Å². The van der Waals surface area contributed by atoms with Gasteiger partial charge in [-0.25, -0.2) is 12.8 Å². The lowest BCUT2D eigenvalue weighted by Gasteiger charge is -2.29. The first kappa shape index (κ1) is 21.0.